The van der Waals surface area contributed by atoms with Crippen molar-refractivity contribution in [1.29, 1.82) is 0 Å². The Balaban J connectivity index is 2.67. The van der Waals surface area contributed by atoms with Gasteiger partial charge in [0.2, 0.25) is 0 Å². The second-order valence-electron chi connectivity index (χ2n) is 3.52. The summed E-state index contributed by atoms with van der Waals surface area (Å²) in [6, 6.07) is 0. The molecule has 3 heteroatoms. The Morgan fingerprint density at radius 2 is 2.15 bits per heavy atom. The van der Waals surface area contributed by atoms with E-state index in [-0.39, 0.29) is 0 Å². The first kappa shape index (κ1) is 9.96. The maximum atomic E-state index is 4.43. The van der Waals surface area contributed by atoms with Crippen molar-refractivity contribution in [3.05, 3.63) is 18.1 Å². The van der Waals surface area contributed by atoms with Crippen LogP contribution in [-0.2, 0) is 6.42 Å². The summed E-state index contributed by atoms with van der Waals surface area (Å²) >= 11 is 0. The van der Waals surface area contributed by atoms with E-state index in [2.05, 4.69) is 36.1 Å². The highest BCUT2D eigenvalue weighted by Gasteiger charge is 2.00. The van der Waals surface area contributed by atoms with Gasteiger partial charge in [0.15, 0.2) is 0 Å². The van der Waals surface area contributed by atoms with Gasteiger partial charge >= 0.3 is 0 Å². The summed E-state index contributed by atoms with van der Waals surface area (Å²) in [6.07, 6.45) is 4.58. The number of hydrogen-bond acceptors (Lipinski definition) is 3. The van der Waals surface area contributed by atoms with Gasteiger partial charge in [-0.2, -0.15) is 0 Å². The van der Waals surface area contributed by atoms with Crippen molar-refractivity contribution in [3.8, 4) is 0 Å². The van der Waals surface area contributed by atoms with Crippen molar-refractivity contribution in [2.75, 3.05) is 11.9 Å². The van der Waals surface area contributed by atoms with E-state index in [4.69, 9.17) is 0 Å². The first-order valence-electron chi connectivity index (χ1n) is 4.77. The molecular weight excluding hydrogens is 162 g/mol. The quantitative estimate of drug-likeness (QED) is 0.769. The van der Waals surface area contributed by atoms with E-state index in [9.17, 15) is 0 Å². The highest BCUT2D eigenvalue weighted by atomic mass is 15.0. The first-order chi connectivity index (χ1) is 6.22. The molecule has 0 saturated carbocycles. The number of aromatic nitrogens is 2. The largest absolute Gasteiger partial charge is 0.369 e. The van der Waals surface area contributed by atoms with E-state index < -0.39 is 0 Å². The average molecular weight is 179 g/mol. The topological polar surface area (TPSA) is 37.8 Å². The molecule has 0 aromatic carbocycles. The van der Waals surface area contributed by atoms with E-state index in [1.54, 1.807) is 6.20 Å². The smallest absolute Gasteiger partial charge is 0.144 e. The lowest BCUT2D eigenvalue weighted by Gasteiger charge is -2.06. The van der Waals surface area contributed by atoms with E-state index in [0.717, 1.165) is 24.5 Å². The molecule has 3 nitrogen and oxygen atoms in total. The summed E-state index contributed by atoms with van der Waals surface area (Å²) in [6.45, 7) is 7.31. The zero-order chi connectivity index (χ0) is 9.68. The minimum Gasteiger partial charge on any atom is -0.369 e. The van der Waals surface area contributed by atoms with Crippen LogP contribution in [0.2, 0.25) is 0 Å². The fourth-order valence-electron chi connectivity index (χ4n) is 1.19. The van der Waals surface area contributed by atoms with Crippen molar-refractivity contribution >= 4 is 5.82 Å². The van der Waals surface area contributed by atoms with Gasteiger partial charge in [-0.1, -0.05) is 13.8 Å². The second kappa shape index (κ2) is 4.80. The molecule has 0 aliphatic carbocycles. The van der Waals surface area contributed by atoms with Crippen molar-refractivity contribution in [2.24, 2.45) is 5.92 Å². The molecule has 0 aliphatic rings. The molecule has 0 aliphatic heterocycles. The molecule has 1 rings (SSSR count). The van der Waals surface area contributed by atoms with Gasteiger partial charge in [0.1, 0.15) is 5.82 Å². The zero-order valence-corrected chi connectivity index (χ0v) is 8.54. The summed E-state index contributed by atoms with van der Waals surface area (Å²) in [7, 11) is 0. The van der Waals surface area contributed by atoms with Crippen molar-refractivity contribution < 1.29 is 0 Å². The van der Waals surface area contributed by atoms with Gasteiger partial charge in [-0.05, 0) is 19.3 Å². The Kier molecular flexibility index (Phi) is 3.68. The van der Waals surface area contributed by atoms with Gasteiger partial charge in [-0.25, -0.2) is 4.98 Å². The molecule has 72 valence electrons. The number of anilines is 1. The van der Waals surface area contributed by atoms with Gasteiger partial charge in [0, 0.05) is 12.7 Å². The molecule has 0 unspecified atom stereocenters. The highest BCUT2D eigenvalue weighted by Crippen LogP contribution is 2.06. The predicted octanol–water partition coefficient (Wildman–Crippen LogP) is 2.11. The third kappa shape index (κ3) is 3.40. The highest BCUT2D eigenvalue weighted by molar-refractivity contribution is 5.31. The molecule has 0 atom stereocenters. The monoisotopic (exact) mass is 179 g/mol. The molecule has 0 fully saturated rings. The standard InChI is InChI=1S/C10H17N3/c1-4-12-10-7-11-6-9(13-10)5-8(2)3/h6-8H,4-5H2,1-3H3,(H,12,13). The van der Waals surface area contributed by atoms with E-state index in [0.29, 0.717) is 5.92 Å². The van der Waals surface area contributed by atoms with Crippen LogP contribution in [0.1, 0.15) is 26.5 Å². The lowest BCUT2D eigenvalue weighted by molar-refractivity contribution is 0.633. The molecule has 0 spiro atoms. The summed E-state index contributed by atoms with van der Waals surface area (Å²) < 4.78 is 0. The maximum absolute atomic E-state index is 4.43. The minimum absolute atomic E-state index is 0.631. The van der Waals surface area contributed by atoms with Crippen LogP contribution in [0.15, 0.2) is 12.4 Å². The van der Waals surface area contributed by atoms with Crippen LogP contribution < -0.4 is 5.32 Å². The molecule has 0 radical (unpaired) electrons. The minimum atomic E-state index is 0.631. The SMILES string of the molecule is CCNc1cncc(CC(C)C)n1. The Morgan fingerprint density at radius 1 is 1.38 bits per heavy atom. The summed E-state index contributed by atoms with van der Waals surface area (Å²) in [5, 5.41) is 3.15. The molecule has 0 amide bonds. The van der Waals surface area contributed by atoms with Crippen LogP contribution >= 0.6 is 0 Å². The van der Waals surface area contributed by atoms with Crippen LogP contribution in [0, 0.1) is 5.92 Å². The second-order valence-corrected chi connectivity index (χ2v) is 3.52. The fraction of sp³-hybridized carbons (Fsp3) is 0.600. The Labute approximate surface area is 79.6 Å². The maximum Gasteiger partial charge on any atom is 0.144 e. The Morgan fingerprint density at radius 3 is 2.77 bits per heavy atom. The van der Waals surface area contributed by atoms with Crippen LogP contribution in [0.5, 0.6) is 0 Å². The predicted molar refractivity (Wildman–Crippen MR) is 54.7 cm³/mol. The van der Waals surface area contributed by atoms with Gasteiger partial charge < -0.3 is 5.32 Å². The van der Waals surface area contributed by atoms with Gasteiger partial charge in [0.25, 0.3) is 0 Å². The van der Waals surface area contributed by atoms with E-state index >= 15 is 0 Å². The number of hydrogen-bond donors (Lipinski definition) is 1. The molecular formula is C10H17N3. The van der Waals surface area contributed by atoms with Crippen LogP contribution in [-0.4, -0.2) is 16.5 Å². The van der Waals surface area contributed by atoms with E-state index in [1.807, 2.05) is 6.20 Å². The number of nitrogens with zero attached hydrogens (tertiary/aromatic N) is 2. The summed E-state index contributed by atoms with van der Waals surface area (Å²) in [5.41, 5.74) is 1.06. The third-order valence-corrected chi connectivity index (χ3v) is 1.66. The molecule has 13 heavy (non-hydrogen) atoms. The fourth-order valence-corrected chi connectivity index (χ4v) is 1.19. The number of rotatable bonds is 4. The number of nitrogens with one attached hydrogen (secondary N) is 1. The van der Waals surface area contributed by atoms with Crippen LogP contribution in [0.25, 0.3) is 0 Å². The lowest BCUT2D eigenvalue weighted by atomic mass is 10.1. The van der Waals surface area contributed by atoms with Gasteiger partial charge in [0.05, 0.1) is 11.9 Å². The molecule has 1 N–H and O–H groups in total. The Hall–Kier alpha value is -1.12. The molecule has 1 aromatic rings. The normalized spacial score (nSPS) is 10.5. The summed E-state index contributed by atoms with van der Waals surface area (Å²) in [4.78, 5) is 8.56. The first-order valence-corrected chi connectivity index (χ1v) is 4.77. The van der Waals surface area contributed by atoms with Gasteiger partial charge in [-0.15, -0.1) is 0 Å². The Bertz CT molecular complexity index is 258. The van der Waals surface area contributed by atoms with E-state index in [1.165, 1.54) is 0 Å². The average Bonchev–Trinajstić information content (AvgIpc) is 2.04. The third-order valence-electron chi connectivity index (χ3n) is 1.66. The van der Waals surface area contributed by atoms with Crippen LogP contribution in [0.3, 0.4) is 0 Å². The van der Waals surface area contributed by atoms with Crippen molar-refractivity contribution in [3.63, 3.8) is 0 Å². The van der Waals surface area contributed by atoms with Crippen LogP contribution in [0.4, 0.5) is 5.82 Å². The lowest BCUT2D eigenvalue weighted by Crippen LogP contribution is -2.04. The van der Waals surface area contributed by atoms with Crippen molar-refractivity contribution in [1.82, 2.24) is 9.97 Å². The zero-order valence-electron chi connectivity index (χ0n) is 8.54. The molecule has 0 saturated heterocycles. The molecule has 0 bridgehead atoms. The van der Waals surface area contributed by atoms with Crippen molar-refractivity contribution in [2.45, 2.75) is 27.2 Å². The summed E-state index contributed by atoms with van der Waals surface area (Å²) in [5.74, 6) is 1.51. The molecule has 1 heterocycles. The van der Waals surface area contributed by atoms with Gasteiger partial charge in [-0.3, -0.25) is 4.98 Å². The molecule has 1 aromatic heterocycles.